The number of hydrogen-bond donors (Lipinski definition) is 1. The van der Waals surface area contributed by atoms with Crippen molar-refractivity contribution in [3.8, 4) is 34.1 Å². The van der Waals surface area contributed by atoms with Gasteiger partial charge in [0.15, 0.2) is 11.5 Å². The highest BCUT2D eigenvalue weighted by atomic mass is 16.9. The molecule has 1 unspecified atom stereocenters. The minimum absolute atomic E-state index is 0.0289. The summed E-state index contributed by atoms with van der Waals surface area (Å²) in [5.41, 5.74) is 1.51. The van der Waals surface area contributed by atoms with E-state index in [1.165, 1.54) is 13.2 Å². The minimum atomic E-state index is -0.833. The van der Waals surface area contributed by atoms with Gasteiger partial charge in [0.05, 0.1) is 0 Å². The molecule has 0 saturated carbocycles. The SMILES string of the molecule is COC1Oc2cc3c(O)cc(OC=O)c(-c4ccccc4)c3cc2O1. The van der Waals surface area contributed by atoms with E-state index in [1.54, 1.807) is 12.1 Å². The predicted molar refractivity (Wildman–Crippen MR) is 89.8 cm³/mol. The number of ether oxygens (including phenoxy) is 4. The molecule has 0 amide bonds. The highest BCUT2D eigenvalue weighted by molar-refractivity contribution is 6.04. The average Bonchev–Trinajstić information content (AvgIpc) is 3.04. The van der Waals surface area contributed by atoms with Crippen LogP contribution in [0.1, 0.15) is 0 Å². The molecule has 3 aromatic rings. The van der Waals surface area contributed by atoms with Crippen molar-refractivity contribution >= 4 is 17.2 Å². The lowest BCUT2D eigenvalue weighted by Crippen LogP contribution is -2.19. The number of fused-ring (bicyclic) bond motifs is 2. The van der Waals surface area contributed by atoms with Crippen molar-refractivity contribution in [1.82, 2.24) is 0 Å². The molecule has 0 aliphatic carbocycles. The Bertz CT molecular complexity index is 951. The van der Waals surface area contributed by atoms with E-state index in [-0.39, 0.29) is 11.5 Å². The van der Waals surface area contributed by atoms with E-state index in [0.29, 0.717) is 34.3 Å². The fourth-order valence-electron chi connectivity index (χ4n) is 2.94. The standard InChI is InChI=1S/C19H14O6/c1-22-19-24-15-7-12-13(8-16(15)25-19)18(11-5-3-2-4-6-11)17(23-10-20)9-14(12)21/h2-10,19,21H,1H3. The van der Waals surface area contributed by atoms with E-state index >= 15 is 0 Å². The van der Waals surface area contributed by atoms with Gasteiger partial charge in [-0.05, 0) is 17.7 Å². The van der Waals surface area contributed by atoms with Crippen LogP contribution in [0.5, 0.6) is 23.0 Å². The van der Waals surface area contributed by atoms with Crippen LogP contribution in [0, 0.1) is 0 Å². The van der Waals surface area contributed by atoms with Gasteiger partial charge in [-0.2, -0.15) is 0 Å². The summed E-state index contributed by atoms with van der Waals surface area (Å²) in [4.78, 5) is 10.9. The van der Waals surface area contributed by atoms with Gasteiger partial charge in [0.25, 0.3) is 6.47 Å². The zero-order valence-electron chi connectivity index (χ0n) is 13.3. The fourth-order valence-corrected chi connectivity index (χ4v) is 2.94. The first-order chi connectivity index (χ1) is 12.2. The molecule has 1 atom stereocenters. The lowest BCUT2D eigenvalue weighted by molar-refractivity contribution is -0.157. The van der Waals surface area contributed by atoms with Gasteiger partial charge in [0.1, 0.15) is 11.5 Å². The molecule has 4 rings (SSSR count). The maximum atomic E-state index is 10.9. The summed E-state index contributed by atoms with van der Waals surface area (Å²) < 4.78 is 21.2. The lowest BCUT2D eigenvalue weighted by Gasteiger charge is -2.13. The highest BCUT2D eigenvalue weighted by Crippen LogP contribution is 2.47. The first-order valence-electron chi connectivity index (χ1n) is 7.57. The normalized spacial score (nSPS) is 15.3. The van der Waals surface area contributed by atoms with Crippen molar-refractivity contribution in [3.63, 3.8) is 0 Å². The van der Waals surface area contributed by atoms with Crippen LogP contribution in [0.3, 0.4) is 0 Å². The summed E-state index contributed by atoms with van der Waals surface area (Å²) in [7, 11) is 1.47. The molecule has 0 aromatic heterocycles. The van der Waals surface area contributed by atoms with Crippen LogP contribution in [-0.2, 0) is 9.53 Å². The van der Waals surface area contributed by atoms with Crippen molar-refractivity contribution < 1.29 is 28.8 Å². The number of phenols is 1. The van der Waals surface area contributed by atoms with Crippen LogP contribution >= 0.6 is 0 Å². The summed E-state index contributed by atoms with van der Waals surface area (Å²) in [6.07, 6.45) is 0. The fraction of sp³-hybridized carbons (Fsp3) is 0.105. The van der Waals surface area contributed by atoms with Gasteiger partial charge >= 0.3 is 6.48 Å². The molecule has 0 fully saturated rings. The Morgan fingerprint density at radius 3 is 2.36 bits per heavy atom. The minimum Gasteiger partial charge on any atom is -0.507 e. The van der Waals surface area contributed by atoms with Crippen molar-refractivity contribution in [3.05, 3.63) is 48.5 Å². The Morgan fingerprint density at radius 2 is 1.72 bits per heavy atom. The van der Waals surface area contributed by atoms with E-state index < -0.39 is 6.48 Å². The summed E-state index contributed by atoms with van der Waals surface area (Å²) in [5.74, 6) is 1.18. The van der Waals surface area contributed by atoms with Crippen LogP contribution in [-0.4, -0.2) is 25.2 Å². The summed E-state index contributed by atoms with van der Waals surface area (Å²) in [5, 5.41) is 11.6. The lowest BCUT2D eigenvalue weighted by atomic mass is 9.96. The van der Waals surface area contributed by atoms with Gasteiger partial charge in [-0.1, -0.05) is 30.3 Å². The van der Waals surface area contributed by atoms with Crippen molar-refractivity contribution in [1.29, 1.82) is 0 Å². The zero-order valence-corrected chi connectivity index (χ0v) is 13.3. The molecule has 1 aliphatic rings. The number of hydrogen-bond acceptors (Lipinski definition) is 6. The predicted octanol–water partition coefficient (Wildman–Crippen LogP) is 3.45. The maximum absolute atomic E-state index is 10.9. The number of phenolic OH excluding ortho intramolecular Hbond substituents is 1. The molecule has 0 radical (unpaired) electrons. The maximum Gasteiger partial charge on any atom is 0.360 e. The molecule has 1 N–H and O–H groups in total. The molecule has 25 heavy (non-hydrogen) atoms. The van der Waals surface area contributed by atoms with E-state index in [9.17, 15) is 9.90 Å². The van der Waals surface area contributed by atoms with Crippen molar-refractivity contribution in [2.24, 2.45) is 0 Å². The smallest absolute Gasteiger partial charge is 0.360 e. The van der Waals surface area contributed by atoms with Gasteiger partial charge in [-0.15, -0.1) is 0 Å². The molecule has 1 heterocycles. The molecule has 0 saturated heterocycles. The Morgan fingerprint density at radius 1 is 1.04 bits per heavy atom. The van der Waals surface area contributed by atoms with Gasteiger partial charge in [0.2, 0.25) is 0 Å². The highest BCUT2D eigenvalue weighted by Gasteiger charge is 2.26. The Hall–Kier alpha value is -3.25. The summed E-state index contributed by atoms with van der Waals surface area (Å²) in [6.45, 7) is -0.499. The van der Waals surface area contributed by atoms with Crippen LogP contribution < -0.4 is 14.2 Å². The van der Waals surface area contributed by atoms with Crippen molar-refractivity contribution in [2.45, 2.75) is 6.48 Å². The summed E-state index contributed by atoms with van der Waals surface area (Å²) in [6, 6.07) is 14.3. The number of carbonyl (C=O) groups is 1. The summed E-state index contributed by atoms with van der Waals surface area (Å²) >= 11 is 0. The van der Waals surface area contributed by atoms with Crippen LogP contribution in [0.25, 0.3) is 21.9 Å². The van der Waals surface area contributed by atoms with Gasteiger partial charge in [-0.25, -0.2) is 0 Å². The van der Waals surface area contributed by atoms with E-state index in [1.807, 2.05) is 30.3 Å². The van der Waals surface area contributed by atoms with Crippen LogP contribution in [0.4, 0.5) is 0 Å². The van der Waals surface area contributed by atoms with E-state index in [4.69, 9.17) is 18.9 Å². The third-order valence-electron chi connectivity index (χ3n) is 4.02. The molecule has 0 spiro atoms. The van der Waals surface area contributed by atoms with Gasteiger partial charge in [0, 0.05) is 29.5 Å². The molecular weight excluding hydrogens is 324 g/mol. The molecular formula is C19H14O6. The quantitative estimate of drug-likeness (QED) is 0.735. The van der Waals surface area contributed by atoms with Crippen molar-refractivity contribution in [2.75, 3.05) is 7.11 Å². The topological polar surface area (TPSA) is 74.2 Å². The number of aromatic hydroxyl groups is 1. The molecule has 0 bridgehead atoms. The first kappa shape index (κ1) is 15.3. The number of benzene rings is 3. The first-order valence-corrected chi connectivity index (χ1v) is 7.57. The van der Waals surface area contributed by atoms with Crippen LogP contribution in [0.15, 0.2) is 48.5 Å². The van der Waals surface area contributed by atoms with Gasteiger partial charge < -0.3 is 24.1 Å². The molecule has 3 aromatic carbocycles. The number of carbonyl (C=O) groups excluding carboxylic acids is 1. The zero-order chi connectivity index (χ0) is 17.4. The molecule has 126 valence electrons. The van der Waals surface area contributed by atoms with E-state index in [2.05, 4.69) is 0 Å². The van der Waals surface area contributed by atoms with Crippen LogP contribution in [0.2, 0.25) is 0 Å². The average molecular weight is 338 g/mol. The number of rotatable bonds is 4. The molecule has 6 heteroatoms. The molecule has 1 aliphatic heterocycles. The molecule has 6 nitrogen and oxygen atoms in total. The second kappa shape index (κ2) is 5.99. The Labute approximate surface area is 143 Å². The largest absolute Gasteiger partial charge is 0.507 e. The third kappa shape index (κ3) is 2.53. The second-order valence-corrected chi connectivity index (χ2v) is 5.45. The van der Waals surface area contributed by atoms with E-state index in [0.717, 1.165) is 5.56 Å². The third-order valence-corrected chi connectivity index (χ3v) is 4.02. The Kier molecular flexibility index (Phi) is 3.66. The second-order valence-electron chi connectivity index (χ2n) is 5.45. The van der Waals surface area contributed by atoms with Gasteiger partial charge in [-0.3, -0.25) is 4.79 Å². The monoisotopic (exact) mass is 338 g/mol. The Balaban J connectivity index is 2.02. The number of methoxy groups -OCH3 is 1.